The lowest BCUT2D eigenvalue weighted by atomic mass is 10.0. The van der Waals surface area contributed by atoms with E-state index in [0.29, 0.717) is 11.5 Å². The van der Waals surface area contributed by atoms with Gasteiger partial charge >= 0.3 is 6.09 Å². The van der Waals surface area contributed by atoms with Gasteiger partial charge in [0.1, 0.15) is 6.10 Å². The fraction of sp³-hybridized carbons (Fsp3) is 0.474. The molecule has 2 heterocycles. The maximum Gasteiger partial charge on any atom is 0.407 e. The number of H-pyrrole nitrogens is 1. The highest BCUT2D eigenvalue weighted by atomic mass is 16.6. The Hall–Kier alpha value is -2.90. The molecule has 0 saturated heterocycles. The topological polar surface area (TPSA) is 109 Å². The molecule has 0 bridgehead atoms. The molecule has 2 aromatic heterocycles. The van der Waals surface area contributed by atoms with Crippen LogP contribution in [0.25, 0.3) is 0 Å². The van der Waals surface area contributed by atoms with Crippen LogP contribution in [0.15, 0.2) is 30.5 Å². The van der Waals surface area contributed by atoms with E-state index < -0.39 is 0 Å². The molecule has 1 fully saturated rings. The van der Waals surface area contributed by atoms with E-state index in [0.717, 1.165) is 25.0 Å². The van der Waals surface area contributed by atoms with Gasteiger partial charge in [0.25, 0.3) is 0 Å². The Bertz CT molecular complexity index is 775. The average Bonchev–Trinajstić information content (AvgIpc) is 3.24. The number of hydrogen-bond acceptors (Lipinski definition) is 5. The van der Waals surface area contributed by atoms with Crippen LogP contribution in [0.3, 0.4) is 0 Å². The summed E-state index contributed by atoms with van der Waals surface area (Å²) in [6, 6.07) is 7.37. The number of nitrogens with one attached hydrogen (secondary N) is 3. The van der Waals surface area contributed by atoms with Crippen molar-refractivity contribution in [2.75, 3.05) is 5.32 Å². The Morgan fingerprint density at radius 3 is 2.93 bits per heavy atom. The minimum Gasteiger partial charge on any atom is -0.446 e. The van der Waals surface area contributed by atoms with E-state index in [1.54, 1.807) is 6.20 Å². The highest BCUT2D eigenvalue weighted by Crippen LogP contribution is 2.35. The molecule has 8 heteroatoms. The predicted molar refractivity (Wildman–Crippen MR) is 100 cm³/mol. The number of anilines is 1. The second-order valence-electron chi connectivity index (χ2n) is 7.09. The first-order chi connectivity index (χ1) is 13.0. The van der Waals surface area contributed by atoms with Gasteiger partial charge in [0.2, 0.25) is 5.91 Å². The zero-order valence-electron chi connectivity index (χ0n) is 15.6. The van der Waals surface area contributed by atoms with Crippen LogP contribution in [-0.4, -0.2) is 39.3 Å². The molecule has 144 valence electrons. The summed E-state index contributed by atoms with van der Waals surface area (Å²) in [5, 5.41) is 12.7. The molecule has 1 unspecified atom stereocenters. The summed E-state index contributed by atoms with van der Waals surface area (Å²) < 4.78 is 5.45. The van der Waals surface area contributed by atoms with Gasteiger partial charge in [0.15, 0.2) is 5.82 Å². The number of alkyl carbamates (subject to hydrolysis) is 1. The maximum atomic E-state index is 12.1. The number of aromatic amines is 1. The Morgan fingerprint density at radius 2 is 2.19 bits per heavy atom. The largest absolute Gasteiger partial charge is 0.446 e. The van der Waals surface area contributed by atoms with Gasteiger partial charge in [-0.05, 0) is 45.2 Å². The third-order valence-electron chi connectivity index (χ3n) is 4.44. The van der Waals surface area contributed by atoms with Gasteiger partial charge in [-0.3, -0.25) is 14.9 Å². The Morgan fingerprint density at radius 1 is 1.33 bits per heavy atom. The van der Waals surface area contributed by atoms with Gasteiger partial charge < -0.3 is 15.4 Å². The Balaban J connectivity index is 1.49. The molecule has 2 aromatic rings. The summed E-state index contributed by atoms with van der Waals surface area (Å²) in [6.07, 6.45) is 3.86. The quantitative estimate of drug-likeness (QED) is 0.723. The number of ether oxygens (including phenoxy) is 1. The third kappa shape index (κ3) is 5.54. The number of amides is 2. The highest BCUT2D eigenvalue weighted by Gasteiger charge is 2.30. The molecule has 1 aliphatic carbocycles. The predicted octanol–water partition coefficient (Wildman–Crippen LogP) is 2.76. The molecule has 2 atom stereocenters. The molecular formula is C19H25N5O3. The molecule has 0 aliphatic heterocycles. The van der Waals surface area contributed by atoms with Crippen molar-refractivity contribution in [3.05, 3.63) is 41.9 Å². The molecule has 3 N–H and O–H groups in total. The van der Waals surface area contributed by atoms with E-state index in [2.05, 4.69) is 25.8 Å². The third-order valence-corrected chi connectivity index (χ3v) is 4.44. The normalized spacial score (nSPS) is 19.1. The SMILES string of the molecule is CC(C)NC(=O)OC1CC[C@H](c2cc(NC(=O)Cc3ccccn3)n[nH]2)C1. The van der Waals surface area contributed by atoms with E-state index in [9.17, 15) is 9.59 Å². The van der Waals surface area contributed by atoms with Gasteiger partial charge in [0.05, 0.1) is 6.42 Å². The van der Waals surface area contributed by atoms with Crippen LogP contribution in [0.4, 0.5) is 10.6 Å². The smallest absolute Gasteiger partial charge is 0.407 e. The number of carbonyl (C=O) groups excluding carboxylic acids is 2. The van der Waals surface area contributed by atoms with Crippen molar-refractivity contribution in [2.45, 2.75) is 57.6 Å². The van der Waals surface area contributed by atoms with E-state index >= 15 is 0 Å². The summed E-state index contributed by atoms with van der Waals surface area (Å²) in [7, 11) is 0. The molecule has 1 aliphatic rings. The Kier molecular flexibility index (Phi) is 6.05. The van der Waals surface area contributed by atoms with Gasteiger partial charge in [-0.15, -0.1) is 0 Å². The number of rotatable bonds is 6. The Labute approximate surface area is 158 Å². The van der Waals surface area contributed by atoms with Crippen molar-refractivity contribution in [2.24, 2.45) is 0 Å². The van der Waals surface area contributed by atoms with E-state index in [1.807, 2.05) is 38.1 Å². The average molecular weight is 371 g/mol. The van der Waals surface area contributed by atoms with Crippen LogP contribution >= 0.6 is 0 Å². The summed E-state index contributed by atoms with van der Waals surface area (Å²) in [5.41, 5.74) is 1.65. The van der Waals surface area contributed by atoms with E-state index in [-0.39, 0.29) is 36.5 Å². The first-order valence-corrected chi connectivity index (χ1v) is 9.22. The molecule has 8 nitrogen and oxygen atoms in total. The first-order valence-electron chi connectivity index (χ1n) is 9.22. The standard InChI is InChI=1S/C19H25N5O3/c1-12(2)21-19(26)27-15-7-6-13(9-15)16-11-17(24-23-16)22-18(25)10-14-5-3-4-8-20-14/h3-5,8,11-13,15H,6-7,9-10H2,1-2H3,(H,21,26)(H2,22,23,24,25)/t13-,15?/m0/s1. The number of aromatic nitrogens is 3. The zero-order valence-corrected chi connectivity index (χ0v) is 15.6. The molecule has 0 spiro atoms. The number of hydrogen-bond donors (Lipinski definition) is 3. The maximum absolute atomic E-state index is 12.1. The van der Waals surface area contributed by atoms with Gasteiger partial charge in [-0.25, -0.2) is 4.79 Å². The summed E-state index contributed by atoms with van der Waals surface area (Å²) in [5.74, 6) is 0.563. The molecule has 3 rings (SSSR count). The number of carbonyl (C=O) groups is 2. The zero-order chi connectivity index (χ0) is 19.2. The minimum absolute atomic E-state index is 0.0552. The summed E-state index contributed by atoms with van der Waals surface area (Å²) in [4.78, 5) is 28.0. The number of nitrogens with zero attached hydrogens (tertiary/aromatic N) is 2. The van der Waals surface area contributed by atoms with Crippen LogP contribution in [0.1, 0.15) is 50.4 Å². The first kappa shape index (κ1) is 18.9. The minimum atomic E-state index is -0.372. The molecular weight excluding hydrogens is 346 g/mol. The van der Waals surface area contributed by atoms with Gasteiger partial charge in [-0.1, -0.05) is 6.07 Å². The fourth-order valence-corrected chi connectivity index (χ4v) is 3.21. The lowest BCUT2D eigenvalue weighted by Crippen LogP contribution is -2.33. The second-order valence-corrected chi connectivity index (χ2v) is 7.09. The molecule has 0 radical (unpaired) electrons. The van der Waals surface area contributed by atoms with E-state index in [4.69, 9.17) is 4.74 Å². The van der Waals surface area contributed by atoms with Crippen LogP contribution < -0.4 is 10.6 Å². The van der Waals surface area contributed by atoms with Crippen molar-refractivity contribution < 1.29 is 14.3 Å². The molecule has 27 heavy (non-hydrogen) atoms. The molecule has 0 aromatic carbocycles. The van der Waals surface area contributed by atoms with Gasteiger partial charge in [-0.2, -0.15) is 5.10 Å². The van der Waals surface area contributed by atoms with Crippen molar-refractivity contribution in [1.29, 1.82) is 0 Å². The van der Waals surface area contributed by atoms with Crippen LogP contribution in [0, 0.1) is 0 Å². The monoisotopic (exact) mass is 371 g/mol. The van der Waals surface area contributed by atoms with Crippen molar-refractivity contribution >= 4 is 17.8 Å². The van der Waals surface area contributed by atoms with Crippen LogP contribution in [0.5, 0.6) is 0 Å². The second kappa shape index (κ2) is 8.66. The lowest BCUT2D eigenvalue weighted by molar-refractivity contribution is -0.115. The molecule has 2 amide bonds. The lowest BCUT2D eigenvalue weighted by Gasteiger charge is -2.14. The van der Waals surface area contributed by atoms with Crippen LogP contribution in [-0.2, 0) is 16.0 Å². The summed E-state index contributed by atoms with van der Waals surface area (Å²) in [6.45, 7) is 3.79. The van der Waals surface area contributed by atoms with Crippen molar-refractivity contribution in [1.82, 2.24) is 20.5 Å². The van der Waals surface area contributed by atoms with Crippen molar-refractivity contribution in [3.63, 3.8) is 0 Å². The van der Waals surface area contributed by atoms with E-state index in [1.165, 1.54) is 0 Å². The number of pyridine rings is 1. The fourth-order valence-electron chi connectivity index (χ4n) is 3.21. The van der Waals surface area contributed by atoms with Crippen molar-refractivity contribution in [3.8, 4) is 0 Å². The molecule has 1 saturated carbocycles. The van der Waals surface area contributed by atoms with Gasteiger partial charge in [0, 0.05) is 35.6 Å². The van der Waals surface area contributed by atoms with Crippen LogP contribution in [0.2, 0.25) is 0 Å². The summed E-state index contributed by atoms with van der Waals surface area (Å²) >= 11 is 0. The highest BCUT2D eigenvalue weighted by molar-refractivity contribution is 5.91.